The monoisotopic (exact) mass is 784 g/mol. The number of allylic oxidation sites excluding steroid dienone is 2. The summed E-state index contributed by atoms with van der Waals surface area (Å²) in [4.78, 5) is 64.0. The summed E-state index contributed by atoms with van der Waals surface area (Å²) in [6.45, 7) is 9.50. The molecule has 4 heterocycles. The number of anilines is 2. The van der Waals surface area contributed by atoms with E-state index in [-0.39, 0.29) is 28.6 Å². The number of hydrogen-bond acceptors (Lipinski definition) is 10. The van der Waals surface area contributed by atoms with Gasteiger partial charge in [0.1, 0.15) is 22.8 Å². The predicted octanol–water partition coefficient (Wildman–Crippen LogP) is 4.38. The van der Waals surface area contributed by atoms with E-state index in [1.54, 1.807) is 28.8 Å². The summed E-state index contributed by atoms with van der Waals surface area (Å²) in [5.41, 5.74) is 12.5. The Morgan fingerprint density at radius 2 is 1.70 bits per heavy atom. The first-order chi connectivity index (χ1) is 26.9. The number of amides is 1. The molecule has 6 aromatic rings. The summed E-state index contributed by atoms with van der Waals surface area (Å²) < 4.78 is 33.1. The molecule has 1 aliphatic rings. The molecule has 1 fully saturated rings. The number of carbonyl (C=O) groups excluding carboxylic acids is 1. The van der Waals surface area contributed by atoms with Crippen molar-refractivity contribution >= 4 is 56.8 Å². The maximum atomic E-state index is 14.7. The zero-order chi connectivity index (χ0) is 40.7. The average Bonchev–Trinajstić information content (AvgIpc) is 3.46. The Bertz CT molecular complexity index is 2610. The third-order valence-electron chi connectivity index (χ3n) is 8.89. The lowest BCUT2D eigenvalue weighted by Gasteiger charge is -2.36. The van der Waals surface area contributed by atoms with E-state index < -0.39 is 28.8 Å². The fraction of sp³-hybridized carbons (Fsp3) is 0.231. The van der Waals surface area contributed by atoms with Gasteiger partial charge in [0.05, 0.1) is 23.0 Å². The van der Waals surface area contributed by atoms with Gasteiger partial charge >= 0.3 is 5.69 Å². The number of aromatic amines is 1. The van der Waals surface area contributed by atoms with Gasteiger partial charge in [-0.2, -0.15) is 0 Å². The van der Waals surface area contributed by atoms with Crippen LogP contribution in [0.2, 0.25) is 0 Å². The molecule has 7 rings (SSSR count). The maximum Gasteiger partial charge on any atom is 0.329 e. The van der Waals surface area contributed by atoms with E-state index in [9.17, 15) is 28.0 Å². The molecule has 0 unspecified atom stereocenters. The Morgan fingerprint density at radius 1 is 1.00 bits per heavy atom. The smallest absolute Gasteiger partial charge is 0.329 e. The van der Waals surface area contributed by atoms with Gasteiger partial charge in [-0.25, -0.2) is 32.9 Å². The van der Waals surface area contributed by atoms with E-state index in [4.69, 9.17) is 11.5 Å². The number of aromatic nitrogens is 6. The van der Waals surface area contributed by atoms with Gasteiger partial charge in [-0.1, -0.05) is 50.4 Å². The zero-order valence-corrected chi connectivity index (χ0v) is 32.1. The van der Waals surface area contributed by atoms with Gasteiger partial charge in [0.2, 0.25) is 0 Å². The minimum Gasteiger partial charge on any atom is -0.399 e. The molecule has 3 aromatic heterocycles. The fourth-order valence-electron chi connectivity index (χ4n) is 6.16. The molecule has 0 spiro atoms. The van der Waals surface area contributed by atoms with Gasteiger partial charge in [-0.05, 0) is 66.4 Å². The molecule has 14 nitrogen and oxygen atoms in total. The minimum absolute atomic E-state index is 0.0823. The average molecular weight is 785 g/mol. The molecule has 0 atom stereocenters. The van der Waals surface area contributed by atoms with Gasteiger partial charge in [0, 0.05) is 50.8 Å². The highest BCUT2D eigenvalue weighted by atomic mass is 32.2. The van der Waals surface area contributed by atoms with Gasteiger partial charge < -0.3 is 21.3 Å². The van der Waals surface area contributed by atoms with Crippen molar-refractivity contribution in [3.63, 3.8) is 0 Å². The van der Waals surface area contributed by atoms with Gasteiger partial charge in [0.15, 0.2) is 10.8 Å². The highest BCUT2D eigenvalue weighted by molar-refractivity contribution is 7.98. The zero-order valence-electron chi connectivity index (χ0n) is 31.3. The lowest BCUT2D eigenvalue weighted by molar-refractivity contribution is 0.0742. The third-order valence-corrected chi connectivity index (χ3v) is 9.45. The van der Waals surface area contributed by atoms with Crippen molar-refractivity contribution < 1.29 is 13.6 Å². The van der Waals surface area contributed by atoms with Crippen LogP contribution in [-0.4, -0.2) is 72.1 Å². The van der Waals surface area contributed by atoms with Crippen molar-refractivity contribution in [2.45, 2.75) is 25.5 Å². The predicted molar refractivity (Wildman–Crippen MR) is 218 cm³/mol. The fourth-order valence-corrected chi connectivity index (χ4v) is 6.49. The van der Waals surface area contributed by atoms with Crippen LogP contribution in [-0.2, 0) is 13.6 Å². The number of fused-ring (bicyclic) bond motifs is 2. The molecule has 0 bridgehead atoms. The number of H-pyrrole nitrogens is 1. The SMILES string of the molecule is C=C/C=C(\N)n1c2nc(SC)ncc2c(=O)n1C.CC.Nc1ccc(N2CCN(C(=O)c3cc(Cn4c(=O)[nH]c(=O)c5c(F)cccc54)ccc3F)CC2)cc1. The normalized spacial score (nSPS) is 12.9. The van der Waals surface area contributed by atoms with Crippen LogP contribution in [0.15, 0.2) is 105 Å². The quantitative estimate of drug-likeness (QED) is 0.0909. The van der Waals surface area contributed by atoms with Crippen molar-refractivity contribution in [3.8, 4) is 0 Å². The van der Waals surface area contributed by atoms with Crippen LogP contribution in [0.25, 0.3) is 27.8 Å². The van der Waals surface area contributed by atoms with Crippen molar-refractivity contribution in [2.24, 2.45) is 12.8 Å². The number of thioether (sulfide) groups is 1. The first kappa shape index (κ1) is 40.7. The summed E-state index contributed by atoms with van der Waals surface area (Å²) in [6.07, 6.45) is 6.56. The molecule has 0 radical (unpaired) electrons. The molecule has 17 heteroatoms. The number of nitrogens with one attached hydrogen (secondary N) is 1. The second-order valence-corrected chi connectivity index (χ2v) is 13.0. The third kappa shape index (κ3) is 8.42. The number of carbonyl (C=O) groups is 1. The van der Waals surface area contributed by atoms with Crippen LogP contribution in [0.1, 0.15) is 29.8 Å². The number of nitrogen functional groups attached to an aromatic ring is 1. The molecule has 56 heavy (non-hydrogen) atoms. The number of piperazine rings is 1. The number of nitrogens with zero attached hydrogens (tertiary/aromatic N) is 7. The number of nitrogens with two attached hydrogens (primary N) is 2. The molecular weight excluding hydrogens is 743 g/mol. The number of hydrogen-bond donors (Lipinski definition) is 3. The van der Waals surface area contributed by atoms with Gasteiger partial charge in [0.25, 0.3) is 17.0 Å². The van der Waals surface area contributed by atoms with Crippen molar-refractivity contribution in [2.75, 3.05) is 43.1 Å². The van der Waals surface area contributed by atoms with Crippen molar-refractivity contribution in [1.29, 1.82) is 0 Å². The van der Waals surface area contributed by atoms with E-state index in [2.05, 4.69) is 26.4 Å². The van der Waals surface area contributed by atoms with Crippen LogP contribution >= 0.6 is 11.8 Å². The van der Waals surface area contributed by atoms with Gasteiger partial charge in [-0.15, -0.1) is 0 Å². The highest BCUT2D eigenvalue weighted by Gasteiger charge is 2.25. The largest absolute Gasteiger partial charge is 0.399 e. The van der Waals surface area contributed by atoms with Crippen LogP contribution < -0.4 is 33.2 Å². The standard InChI is InChI=1S/C26H23F2N5O3.C11H13N5OS.C2H6/c27-20-9-4-16(15-33-22-3-1-2-21(28)23(22)24(34)30-26(33)36)14-19(20)25(35)32-12-10-31(11-13-32)18-7-5-17(29)6-8-18;1-4-5-8(12)16-9-7(10(17)15(16)2)6-13-11(14-9)18-3;1-2/h1-9,14H,10-13,15,29H2,(H,30,34,36);4-6H,1,12H2,2-3H3;1-2H3/b;8-5+;. The summed E-state index contributed by atoms with van der Waals surface area (Å²) in [6, 6.07) is 15.5. The van der Waals surface area contributed by atoms with E-state index in [1.807, 2.05) is 44.4 Å². The highest BCUT2D eigenvalue weighted by Crippen LogP contribution is 2.21. The molecular formula is C39H42F2N10O4S. The summed E-state index contributed by atoms with van der Waals surface area (Å²) in [7, 11) is 1.63. The van der Waals surface area contributed by atoms with Crippen LogP contribution in [0.3, 0.4) is 0 Å². The first-order valence-corrected chi connectivity index (χ1v) is 18.8. The summed E-state index contributed by atoms with van der Waals surface area (Å²) in [5, 5.41) is 0.790. The Hall–Kier alpha value is -6.49. The minimum atomic E-state index is -0.822. The Balaban J connectivity index is 0.000000252. The van der Waals surface area contributed by atoms with E-state index >= 15 is 0 Å². The molecule has 3 aromatic carbocycles. The van der Waals surface area contributed by atoms with E-state index in [0.29, 0.717) is 59.4 Å². The Labute approximate surface area is 324 Å². The number of rotatable bonds is 7. The molecule has 1 amide bonds. The lowest BCUT2D eigenvalue weighted by Crippen LogP contribution is -2.49. The molecule has 1 saturated heterocycles. The van der Waals surface area contributed by atoms with Gasteiger partial charge in [-0.3, -0.25) is 23.9 Å². The Kier molecular flexibility index (Phi) is 12.9. The van der Waals surface area contributed by atoms with E-state index in [1.165, 1.54) is 57.5 Å². The lowest BCUT2D eigenvalue weighted by atomic mass is 10.1. The topological polar surface area (TPSA) is 183 Å². The molecule has 1 aliphatic heterocycles. The van der Waals surface area contributed by atoms with Crippen LogP contribution in [0, 0.1) is 11.6 Å². The Morgan fingerprint density at radius 3 is 2.36 bits per heavy atom. The second kappa shape index (κ2) is 17.8. The summed E-state index contributed by atoms with van der Waals surface area (Å²) >= 11 is 1.41. The van der Waals surface area contributed by atoms with Crippen molar-refractivity contribution in [3.05, 3.63) is 140 Å². The van der Waals surface area contributed by atoms with E-state index in [0.717, 1.165) is 11.8 Å². The van der Waals surface area contributed by atoms with Crippen molar-refractivity contribution in [1.82, 2.24) is 33.8 Å². The van der Waals surface area contributed by atoms with Crippen LogP contribution in [0.5, 0.6) is 0 Å². The number of halogens is 2. The first-order valence-electron chi connectivity index (χ1n) is 17.6. The van der Waals surface area contributed by atoms with Crippen LogP contribution in [0.4, 0.5) is 20.2 Å². The molecule has 0 saturated carbocycles. The molecule has 0 aliphatic carbocycles. The summed E-state index contributed by atoms with van der Waals surface area (Å²) in [5.74, 6) is -1.49. The maximum absolute atomic E-state index is 14.7. The number of benzene rings is 3. The molecule has 292 valence electrons. The molecule has 5 N–H and O–H groups in total. The second-order valence-electron chi connectivity index (χ2n) is 12.2.